The summed E-state index contributed by atoms with van der Waals surface area (Å²) in [6.07, 6.45) is 2.55. The SMILES string of the molecule is O=Cc1cn(Cc2cccc(Cl)c2F)c2ccccc12. The van der Waals surface area contributed by atoms with Gasteiger partial charge in [-0.05, 0) is 12.1 Å². The van der Waals surface area contributed by atoms with Crippen molar-refractivity contribution in [2.75, 3.05) is 0 Å². The topological polar surface area (TPSA) is 22.0 Å². The van der Waals surface area contributed by atoms with E-state index in [1.165, 1.54) is 6.07 Å². The molecule has 1 heterocycles. The first-order chi connectivity index (χ1) is 9.70. The van der Waals surface area contributed by atoms with Gasteiger partial charge in [0.05, 0.1) is 11.6 Å². The fourth-order valence-corrected chi connectivity index (χ4v) is 2.55. The molecular weight excluding hydrogens is 277 g/mol. The van der Waals surface area contributed by atoms with Crippen LogP contribution in [0.25, 0.3) is 10.9 Å². The van der Waals surface area contributed by atoms with Crippen LogP contribution in [0.5, 0.6) is 0 Å². The molecular formula is C16H11ClFNO. The lowest BCUT2D eigenvalue weighted by molar-refractivity contribution is 0.112. The molecule has 0 saturated heterocycles. The molecule has 4 heteroatoms. The van der Waals surface area contributed by atoms with Crippen LogP contribution in [0, 0.1) is 5.82 Å². The van der Waals surface area contributed by atoms with Gasteiger partial charge in [0.1, 0.15) is 5.82 Å². The average Bonchev–Trinajstić information content (AvgIpc) is 2.82. The zero-order valence-corrected chi connectivity index (χ0v) is 11.3. The van der Waals surface area contributed by atoms with Crippen LogP contribution in [-0.4, -0.2) is 10.9 Å². The number of hydrogen-bond acceptors (Lipinski definition) is 1. The van der Waals surface area contributed by atoms with Crippen LogP contribution >= 0.6 is 11.6 Å². The number of para-hydroxylation sites is 1. The molecule has 0 aliphatic rings. The van der Waals surface area contributed by atoms with Crippen molar-refractivity contribution in [3.8, 4) is 0 Å². The molecule has 0 N–H and O–H groups in total. The minimum atomic E-state index is -0.417. The van der Waals surface area contributed by atoms with Crippen LogP contribution in [0.1, 0.15) is 15.9 Å². The third-order valence-electron chi connectivity index (χ3n) is 3.32. The van der Waals surface area contributed by atoms with Gasteiger partial charge in [0.15, 0.2) is 6.29 Å². The second kappa shape index (κ2) is 5.10. The van der Waals surface area contributed by atoms with E-state index < -0.39 is 5.82 Å². The highest BCUT2D eigenvalue weighted by Gasteiger charge is 2.11. The summed E-state index contributed by atoms with van der Waals surface area (Å²) in [7, 11) is 0. The lowest BCUT2D eigenvalue weighted by atomic mass is 10.2. The molecule has 0 aliphatic carbocycles. The fraction of sp³-hybridized carbons (Fsp3) is 0.0625. The van der Waals surface area contributed by atoms with Crippen LogP contribution in [0.15, 0.2) is 48.7 Å². The Morgan fingerprint density at radius 1 is 1.15 bits per heavy atom. The van der Waals surface area contributed by atoms with Gasteiger partial charge >= 0.3 is 0 Å². The number of hydrogen-bond donors (Lipinski definition) is 0. The molecule has 0 aliphatic heterocycles. The van der Waals surface area contributed by atoms with Gasteiger partial charge in [-0.15, -0.1) is 0 Å². The summed E-state index contributed by atoms with van der Waals surface area (Å²) in [5.74, 6) is -0.417. The molecule has 2 nitrogen and oxygen atoms in total. The number of carbonyl (C=O) groups excluding carboxylic acids is 1. The molecule has 0 fully saturated rings. The third kappa shape index (κ3) is 2.10. The van der Waals surface area contributed by atoms with Crippen LogP contribution in [0.4, 0.5) is 4.39 Å². The predicted molar refractivity (Wildman–Crippen MR) is 77.8 cm³/mol. The summed E-state index contributed by atoms with van der Waals surface area (Å²) < 4.78 is 15.8. The Labute approximate surface area is 120 Å². The average molecular weight is 288 g/mol. The first-order valence-corrected chi connectivity index (χ1v) is 6.54. The normalized spacial score (nSPS) is 10.9. The molecule has 20 heavy (non-hydrogen) atoms. The van der Waals surface area contributed by atoms with Crippen molar-refractivity contribution in [2.45, 2.75) is 6.54 Å². The maximum Gasteiger partial charge on any atom is 0.152 e. The molecule has 0 spiro atoms. The molecule has 0 atom stereocenters. The summed E-state index contributed by atoms with van der Waals surface area (Å²) in [4.78, 5) is 11.1. The fourth-order valence-electron chi connectivity index (χ4n) is 2.35. The number of aldehydes is 1. The highest BCUT2D eigenvalue weighted by Crippen LogP contribution is 2.23. The summed E-state index contributed by atoms with van der Waals surface area (Å²) in [5, 5.41) is 0.972. The van der Waals surface area contributed by atoms with Gasteiger partial charge in [0.25, 0.3) is 0 Å². The third-order valence-corrected chi connectivity index (χ3v) is 3.61. The van der Waals surface area contributed by atoms with Crippen molar-refractivity contribution < 1.29 is 9.18 Å². The summed E-state index contributed by atoms with van der Waals surface area (Å²) in [5.41, 5.74) is 1.99. The monoisotopic (exact) mass is 287 g/mol. The molecule has 1 aromatic heterocycles. The van der Waals surface area contributed by atoms with Gasteiger partial charge in [-0.2, -0.15) is 0 Å². The number of halogens is 2. The quantitative estimate of drug-likeness (QED) is 0.659. The minimum absolute atomic E-state index is 0.106. The highest BCUT2D eigenvalue weighted by atomic mass is 35.5. The molecule has 0 unspecified atom stereocenters. The molecule has 100 valence electrons. The Morgan fingerprint density at radius 3 is 2.75 bits per heavy atom. The Hall–Kier alpha value is -2.13. The van der Waals surface area contributed by atoms with Gasteiger partial charge in [0, 0.05) is 28.2 Å². The number of benzene rings is 2. The van der Waals surface area contributed by atoms with Gasteiger partial charge in [0.2, 0.25) is 0 Å². The molecule has 0 radical (unpaired) electrons. The Balaban J connectivity index is 2.11. The summed E-state index contributed by atoms with van der Waals surface area (Å²) in [6, 6.07) is 12.5. The van der Waals surface area contributed by atoms with Crippen molar-refractivity contribution in [1.29, 1.82) is 0 Å². The predicted octanol–water partition coefficient (Wildman–Crippen LogP) is 4.29. The second-order valence-corrected chi connectivity index (χ2v) is 4.97. The van der Waals surface area contributed by atoms with E-state index >= 15 is 0 Å². The van der Waals surface area contributed by atoms with E-state index in [0.29, 0.717) is 17.7 Å². The minimum Gasteiger partial charge on any atom is -0.342 e. The Morgan fingerprint density at radius 2 is 1.95 bits per heavy atom. The van der Waals surface area contributed by atoms with Gasteiger partial charge in [-0.3, -0.25) is 4.79 Å². The van der Waals surface area contributed by atoms with Crippen LogP contribution in [-0.2, 0) is 6.54 Å². The molecule has 0 bridgehead atoms. The smallest absolute Gasteiger partial charge is 0.152 e. The van der Waals surface area contributed by atoms with Crippen molar-refractivity contribution in [2.24, 2.45) is 0 Å². The molecule has 3 aromatic rings. The standard InChI is InChI=1S/C16H11ClFNO/c17-14-6-3-4-11(16(14)18)8-19-9-12(10-20)13-5-1-2-7-15(13)19/h1-7,9-10H,8H2. The van der Waals surface area contributed by atoms with Crippen molar-refractivity contribution in [1.82, 2.24) is 4.57 Å². The first kappa shape index (κ1) is 12.9. The number of nitrogens with zero attached hydrogens (tertiary/aromatic N) is 1. The van der Waals surface area contributed by atoms with E-state index in [-0.39, 0.29) is 5.02 Å². The van der Waals surface area contributed by atoms with Crippen molar-refractivity contribution >= 4 is 28.8 Å². The second-order valence-electron chi connectivity index (χ2n) is 4.56. The van der Waals surface area contributed by atoms with E-state index in [1.807, 2.05) is 28.8 Å². The zero-order valence-electron chi connectivity index (χ0n) is 10.5. The number of fused-ring (bicyclic) bond motifs is 1. The zero-order chi connectivity index (χ0) is 14.1. The van der Waals surface area contributed by atoms with Crippen molar-refractivity contribution in [3.63, 3.8) is 0 Å². The Kier molecular flexibility index (Phi) is 3.28. The molecule has 3 rings (SSSR count). The lowest BCUT2D eigenvalue weighted by Crippen LogP contribution is -2.00. The van der Waals surface area contributed by atoms with Crippen LogP contribution in [0.2, 0.25) is 5.02 Å². The number of aromatic nitrogens is 1. The van der Waals surface area contributed by atoms with E-state index in [2.05, 4.69) is 0 Å². The Bertz CT molecular complexity index is 794. The molecule has 0 amide bonds. The van der Waals surface area contributed by atoms with E-state index in [0.717, 1.165) is 17.2 Å². The number of rotatable bonds is 3. The maximum atomic E-state index is 14.0. The van der Waals surface area contributed by atoms with Crippen LogP contribution < -0.4 is 0 Å². The molecule has 2 aromatic carbocycles. The first-order valence-electron chi connectivity index (χ1n) is 6.16. The van der Waals surface area contributed by atoms with Gasteiger partial charge in [-0.25, -0.2) is 4.39 Å². The van der Waals surface area contributed by atoms with Crippen LogP contribution in [0.3, 0.4) is 0 Å². The van der Waals surface area contributed by atoms with Crippen molar-refractivity contribution in [3.05, 3.63) is 70.6 Å². The van der Waals surface area contributed by atoms with E-state index in [9.17, 15) is 9.18 Å². The number of carbonyl (C=O) groups is 1. The largest absolute Gasteiger partial charge is 0.342 e. The summed E-state index contributed by atoms with van der Waals surface area (Å²) in [6.45, 7) is 0.334. The van der Waals surface area contributed by atoms with E-state index in [4.69, 9.17) is 11.6 Å². The molecule has 0 saturated carbocycles. The lowest BCUT2D eigenvalue weighted by Gasteiger charge is -2.07. The van der Waals surface area contributed by atoms with Gasteiger partial charge < -0.3 is 4.57 Å². The van der Waals surface area contributed by atoms with Gasteiger partial charge in [-0.1, -0.05) is 41.9 Å². The maximum absolute atomic E-state index is 14.0. The van der Waals surface area contributed by atoms with E-state index in [1.54, 1.807) is 18.3 Å². The highest BCUT2D eigenvalue weighted by molar-refractivity contribution is 6.30. The summed E-state index contributed by atoms with van der Waals surface area (Å²) >= 11 is 5.79.